The molecule has 3 heteroatoms. The van der Waals surface area contributed by atoms with E-state index in [1.807, 2.05) is 7.11 Å². The molecule has 1 saturated carbocycles. The summed E-state index contributed by atoms with van der Waals surface area (Å²) in [6.07, 6.45) is 6.34. The lowest BCUT2D eigenvalue weighted by atomic mass is 9.82. The molecule has 1 heterocycles. The molecule has 3 nitrogen and oxygen atoms in total. The smallest absolute Gasteiger partial charge is 0.0777 e. The summed E-state index contributed by atoms with van der Waals surface area (Å²) in [5.74, 6) is 0.728. The molecule has 0 spiro atoms. The molecular formula is C14H28N2O. The number of likely N-dealkylation sites (tertiary alicyclic amines) is 1. The fraction of sp³-hybridized carbons (Fsp3) is 1.00. The van der Waals surface area contributed by atoms with Crippen LogP contribution in [0.2, 0.25) is 0 Å². The minimum atomic E-state index is 0.0305. The van der Waals surface area contributed by atoms with Gasteiger partial charge < -0.3 is 10.5 Å². The Bertz CT molecular complexity index is 271. The van der Waals surface area contributed by atoms with Gasteiger partial charge in [0, 0.05) is 25.7 Å². The average molecular weight is 240 g/mol. The first kappa shape index (κ1) is 13.3. The molecule has 0 aromatic rings. The van der Waals surface area contributed by atoms with Crippen LogP contribution >= 0.6 is 0 Å². The van der Waals surface area contributed by atoms with Crippen molar-refractivity contribution in [3.8, 4) is 0 Å². The van der Waals surface area contributed by atoms with E-state index < -0.39 is 0 Å². The first-order valence-electron chi connectivity index (χ1n) is 7.07. The number of ether oxygens (including phenoxy) is 1. The molecule has 100 valence electrons. The Balaban J connectivity index is 2.15. The number of hydrogen-bond acceptors (Lipinski definition) is 3. The largest absolute Gasteiger partial charge is 0.377 e. The van der Waals surface area contributed by atoms with Gasteiger partial charge >= 0.3 is 0 Å². The van der Waals surface area contributed by atoms with Crippen LogP contribution < -0.4 is 5.73 Å². The summed E-state index contributed by atoms with van der Waals surface area (Å²) < 4.78 is 5.71. The van der Waals surface area contributed by atoms with Crippen LogP contribution in [0.5, 0.6) is 0 Å². The predicted molar refractivity (Wildman–Crippen MR) is 71.0 cm³/mol. The maximum atomic E-state index is 6.14. The van der Waals surface area contributed by atoms with E-state index in [4.69, 9.17) is 10.5 Å². The van der Waals surface area contributed by atoms with Gasteiger partial charge in [-0.1, -0.05) is 13.3 Å². The third kappa shape index (κ3) is 2.25. The molecule has 0 bridgehead atoms. The molecule has 0 aromatic heterocycles. The molecule has 1 aliphatic carbocycles. The molecule has 2 fully saturated rings. The van der Waals surface area contributed by atoms with Crippen molar-refractivity contribution in [1.82, 2.24) is 4.90 Å². The van der Waals surface area contributed by atoms with Crippen LogP contribution in [0, 0.1) is 5.92 Å². The molecular weight excluding hydrogens is 212 g/mol. The highest BCUT2D eigenvalue weighted by Crippen LogP contribution is 2.42. The highest BCUT2D eigenvalue weighted by molar-refractivity contribution is 5.03. The van der Waals surface area contributed by atoms with Crippen LogP contribution in [-0.2, 0) is 4.74 Å². The van der Waals surface area contributed by atoms with Crippen molar-refractivity contribution in [3.63, 3.8) is 0 Å². The maximum Gasteiger partial charge on any atom is 0.0777 e. The Morgan fingerprint density at radius 2 is 2.12 bits per heavy atom. The highest BCUT2D eigenvalue weighted by Gasteiger charge is 2.47. The summed E-state index contributed by atoms with van der Waals surface area (Å²) in [5.41, 5.74) is 6.42. The Kier molecular flexibility index (Phi) is 3.81. The van der Waals surface area contributed by atoms with Crippen molar-refractivity contribution in [1.29, 1.82) is 0 Å². The van der Waals surface area contributed by atoms with Crippen molar-refractivity contribution in [3.05, 3.63) is 0 Å². The van der Waals surface area contributed by atoms with E-state index in [1.165, 1.54) is 38.6 Å². The van der Waals surface area contributed by atoms with Crippen LogP contribution in [0.4, 0.5) is 0 Å². The van der Waals surface area contributed by atoms with E-state index in [0.29, 0.717) is 0 Å². The van der Waals surface area contributed by atoms with Gasteiger partial charge in [-0.15, -0.1) is 0 Å². The normalized spacial score (nSPS) is 44.1. The Morgan fingerprint density at radius 1 is 1.35 bits per heavy atom. The lowest BCUT2D eigenvalue weighted by Crippen LogP contribution is -2.62. The summed E-state index contributed by atoms with van der Waals surface area (Å²) in [7, 11) is 1.84. The van der Waals surface area contributed by atoms with Gasteiger partial charge in [-0.25, -0.2) is 0 Å². The minimum absolute atomic E-state index is 0.0305. The molecule has 2 rings (SSSR count). The molecule has 1 aliphatic heterocycles. The molecule has 2 N–H and O–H groups in total. The highest BCUT2D eigenvalue weighted by atomic mass is 16.5. The Labute approximate surface area is 106 Å². The van der Waals surface area contributed by atoms with Gasteiger partial charge in [-0.05, 0) is 45.1 Å². The quantitative estimate of drug-likeness (QED) is 0.820. The summed E-state index contributed by atoms with van der Waals surface area (Å²) in [6.45, 7) is 7.65. The summed E-state index contributed by atoms with van der Waals surface area (Å²) >= 11 is 0. The van der Waals surface area contributed by atoms with Crippen LogP contribution in [0.15, 0.2) is 0 Å². The average Bonchev–Trinajstić information content (AvgIpc) is 2.72. The predicted octanol–water partition coefficient (Wildman–Crippen LogP) is 2.00. The lowest BCUT2D eigenvalue weighted by molar-refractivity contribution is -0.0864. The van der Waals surface area contributed by atoms with Gasteiger partial charge in [-0.3, -0.25) is 4.90 Å². The Hall–Kier alpha value is -0.120. The second kappa shape index (κ2) is 4.87. The van der Waals surface area contributed by atoms with Crippen LogP contribution in [0.3, 0.4) is 0 Å². The van der Waals surface area contributed by atoms with Gasteiger partial charge in [0.15, 0.2) is 0 Å². The van der Waals surface area contributed by atoms with E-state index in [9.17, 15) is 0 Å². The molecule has 0 aromatic carbocycles. The van der Waals surface area contributed by atoms with Crippen LogP contribution in [0.25, 0.3) is 0 Å². The zero-order valence-corrected chi connectivity index (χ0v) is 11.7. The first-order valence-corrected chi connectivity index (χ1v) is 7.07. The SMILES string of the molecule is COC1(C)CCCN(C2(CN)CCCC2C)C1. The van der Waals surface area contributed by atoms with Crippen LogP contribution in [-0.4, -0.2) is 42.8 Å². The monoisotopic (exact) mass is 240 g/mol. The molecule has 2 aliphatic rings. The van der Waals surface area contributed by atoms with E-state index >= 15 is 0 Å². The summed E-state index contributed by atoms with van der Waals surface area (Å²) in [6, 6.07) is 0. The second-order valence-corrected chi connectivity index (χ2v) is 6.28. The second-order valence-electron chi connectivity index (χ2n) is 6.28. The van der Waals surface area contributed by atoms with Crippen LogP contribution in [0.1, 0.15) is 46.0 Å². The third-order valence-electron chi connectivity index (χ3n) is 5.30. The van der Waals surface area contributed by atoms with Gasteiger partial charge in [0.25, 0.3) is 0 Å². The number of nitrogens with two attached hydrogens (primary N) is 1. The summed E-state index contributed by atoms with van der Waals surface area (Å²) in [5, 5.41) is 0. The Morgan fingerprint density at radius 3 is 2.65 bits per heavy atom. The fourth-order valence-corrected chi connectivity index (χ4v) is 3.88. The van der Waals surface area contributed by atoms with Crippen molar-refractivity contribution >= 4 is 0 Å². The van der Waals surface area contributed by atoms with E-state index in [-0.39, 0.29) is 11.1 Å². The van der Waals surface area contributed by atoms with Gasteiger partial charge in [0.05, 0.1) is 5.60 Å². The lowest BCUT2D eigenvalue weighted by Gasteiger charge is -2.50. The number of piperidine rings is 1. The number of hydrogen-bond donors (Lipinski definition) is 1. The number of methoxy groups -OCH3 is 1. The molecule has 0 amide bonds. The van der Waals surface area contributed by atoms with Crippen molar-refractivity contribution in [2.24, 2.45) is 11.7 Å². The van der Waals surface area contributed by atoms with E-state index in [2.05, 4.69) is 18.7 Å². The van der Waals surface area contributed by atoms with Crippen molar-refractivity contribution in [2.45, 2.75) is 57.1 Å². The van der Waals surface area contributed by atoms with E-state index in [0.717, 1.165) is 19.0 Å². The molecule has 3 atom stereocenters. The molecule has 3 unspecified atom stereocenters. The zero-order chi connectivity index (χ0) is 12.5. The fourth-order valence-electron chi connectivity index (χ4n) is 3.88. The molecule has 17 heavy (non-hydrogen) atoms. The van der Waals surface area contributed by atoms with E-state index in [1.54, 1.807) is 0 Å². The minimum Gasteiger partial charge on any atom is -0.377 e. The standard InChI is InChI=1S/C14H28N2O/c1-12-6-4-8-14(12,10-15)16-9-5-7-13(2,11-16)17-3/h12H,4-11,15H2,1-3H3. The zero-order valence-electron chi connectivity index (χ0n) is 11.7. The van der Waals surface area contributed by atoms with Crippen molar-refractivity contribution in [2.75, 3.05) is 26.7 Å². The van der Waals surface area contributed by atoms with Gasteiger partial charge in [0.1, 0.15) is 0 Å². The van der Waals surface area contributed by atoms with Gasteiger partial charge in [0.2, 0.25) is 0 Å². The summed E-state index contributed by atoms with van der Waals surface area (Å²) in [4.78, 5) is 2.64. The van der Waals surface area contributed by atoms with Gasteiger partial charge in [-0.2, -0.15) is 0 Å². The first-order chi connectivity index (χ1) is 8.06. The molecule has 0 radical (unpaired) electrons. The third-order valence-corrected chi connectivity index (χ3v) is 5.30. The van der Waals surface area contributed by atoms with Crippen molar-refractivity contribution < 1.29 is 4.74 Å². The number of rotatable bonds is 3. The topological polar surface area (TPSA) is 38.5 Å². The number of nitrogens with zero attached hydrogens (tertiary/aromatic N) is 1. The molecule has 1 saturated heterocycles. The maximum absolute atomic E-state index is 6.14.